The predicted octanol–water partition coefficient (Wildman–Crippen LogP) is 1.80. The quantitative estimate of drug-likeness (QED) is 0.810. The second kappa shape index (κ2) is 6.98. The van der Waals surface area contributed by atoms with Crippen molar-refractivity contribution in [2.45, 2.75) is 25.9 Å². The van der Waals surface area contributed by atoms with Gasteiger partial charge in [-0.1, -0.05) is 6.07 Å². The van der Waals surface area contributed by atoms with E-state index >= 15 is 0 Å². The molecule has 1 aliphatic heterocycles. The van der Waals surface area contributed by atoms with Crippen LogP contribution in [0.4, 0.5) is 0 Å². The van der Waals surface area contributed by atoms with Crippen LogP contribution >= 0.6 is 0 Å². The van der Waals surface area contributed by atoms with Gasteiger partial charge in [-0.3, -0.25) is 14.8 Å². The molecule has 0 saturated carbocycles. The highest BCUT2D eigenvalue weighted by atomic mass is 16.5. The molecule has 106 valence electrons. The molecule has 1 aromatic heterocycles. The van der Waals surface area contributed by atoms with E-state index in [2.05, 4.69) is 34.7 Å². The number of ether oxygens (including phenoxy) is 1. The van der Waals surface area contributed by atoms with Crippen molar-refractivity contribution < 1.29 is 4.74 Å². The van der Waals surface area contributed by atoms with E-state index in [1.807, 2.05) is 18.5 Å². The predicted molar refractivity (Wildman–Crippen MR) is 77.1 cm³/mol. The molecule has 2 unspecified atom stereocenters. The van der Waals surface area contributed by atoms with Crippen LogP contribution in [-0.4, -0.2) is 60.7 Å². The zero-order chi connectivity index (χ0) is 13.7. The molecule has 2 atom stereocenters. The molecule has 1 fully saturated rings. The van der Waals surface area contributed by atoms with Crippen LogP contribution in [0.1, 0.15) is 25.5 Å². The molecule has 0 N–H and O–H groups in total. The molecular formula is C15H25N3O. The van der Waals surface area contributed by atoms with Gasteiger partial charge in [-0.15, -0.1) is 0 Å². The molecule has 2 rings (SSSR count). The Morgan fingerprint density at radius 3 is 2.95 bits per heavy atom. The summed E-state index contributed by atoms with van der Waals surface area (Å²) in [5.74, 6) is 0. The SMILES string of the molecule is COCCN1CCN(C(C)c2cccnc2)CC1C. The summed E-state index contributed by atoms with van der Waals surface area (Å²) >= 11 is 0. The van der Waals surface area contributed by atoms with Crippen LogP contribution in [0.3, 0.4) is 0 Å². The zero-order valence-electron chi connectivity index (χ0n) is 12.2. The van der Waals surface area contributed by atoms with E-state index in [-0.39, 0.29) is 0 Å². The van der Waals surface area contributed by atoms with Crippen molar-refractivity contribution in [2.75, 3.05) is 39.9 Å². The van der Waals surface area contributed by atoms with Crippen LogP contribution < -0.4 is 0 Å². The van der Waals surface area contributed by atoms with E-state index in [4.69, 9.17) is 4.74 Å². The summed E-state index contributed by atoms with van der Waals surface area (Å²) in [5, 5.41) is 0. The van der Waals surface area contributed by atoms with Crippen molar-refractivity contribution in [3.05, 3.63) is 30.1 Å². The first-order valence-electron chi connectivity index (χ1n) is 7.09. The average Bonchev–Trinajstić information content (AvgIpc) is 2.46. The van der Waals surface area contributed by atoms with Gasteiger partial charge in [0.2, 0.25) is 0 Å². The minimum absolute atomic E-state index is 0.445. The lowest BCUT2D eigenvalue weighted by atomic mass is 10.1. The highest BCUT2D eigenvalue weighted by Gasteiger charge is 2.26. The summed E-state index contributed by atoms with van der Waals surface area (Å²) < 4.78 is 5.17. The van der Waals surface area contributed by atoms with Crippen molar-refractivity contribution in [1.82, 2.24) is 14.8 Å². The summed E-state index contributed by atoms with van der Waals surface area (Å²) in [7, 11) is 1.77. The van der Waals surface area contributed by atoms with Gasteiger partial charge in [-0.05, 0) is 25.5 Å². The van der Waals surface area contributed by atoms with E-state index < -0.39 is 0 Å². The summed E-state index contributed by atoms with van der Waals surface area (Å²) in [6, 6.07) is 5.22. The van der Waals surface area contributed by atoms with E-state index in [1.54, 1.807) is 7.11 Å². The number of piperazine rings is 1. The largest absolute Gasteiger partial charge is 0.383 e. The van der Waals surface area contributed by atoms with Gasteiger partial charge in [0.15, 0.2) is 0 Å². The maximum atomic E-state index is 5.17. The second-order valence-electron chi connectivity index (χ2n) is 5.34. The van der Waals surface area contributed by atoms with Gasteiger partial charge in [0.05, 0.1) is 6.61 Å². The van der Waals surface area contributed by atoms with E-state index in [0.29, 0.717) is 12.1 Å². The van der Waals surface area contributed by atoms with Crippen molar-refractivity contribution in [3.63, 3.8) is 0 Å². The Morgan fingerprint density at radius 1 is 1.47 bits per heavy atom. The van der Waals surface area contributed by atoms with Crippen LogP contribution in [0.5, 0.6) is 0 Å². The lowest BCUT2D eigenvalue weighted by Crippen LogP contribution is -2.53. The zero-order valence-corrected chi connectivity index (χ0v) is 12.2. The van der Waals surface area contributed by atoms with Gasteiger partial charge in [0.1, 0.15) is 0 Å². The molecule has 0 radical (unpaired) electrons. The molecule has 4 heteroatoms. The highest BCUT2D eigenvalue weighted by Crippen LogP contribution is 2.22. The summed E-state index contributed by atoms with van der Waals surface area (Å²) in [6.45, 7) is 9.78. The van der Waals surface area contributed by atoms with Gasteiger partial charge in [-0.2, -0.15) is 0 Å². The van der Waals surface area contributed by atoms with Crippen molar-refractivity contribution in [3.8, 4) is 0 Å². The average molecular weight is 263 g/mol. The van der Waals surface area contributed by atoms with Gasteiger partial charge in [0, 0.05) is 57.8 Å². The fourth-order valence-electron chi connectivity index (χ4n) is 2.75. The maximum absolute atomic E-state index is 5.17. The molecule has 0 bridgehead atoms. The lowest BCUT2D eigenvalue weighted by molar-refractivity contribution is 0.0418. The molecule has 1 aliphatic rings. The molecule has 0 amide bonds. The van der Waals surface area contributed by atoms with Crippen LogP contribution in [0, 0.1) is 0 Å². The number of hydrogen-bond donors (Lipinski definition) is 0. The Kier molecular flexibility index (Phi) is 5.31. The molecule has 0 spiro atoms. The number of nitrogens with zero attached hydrogens (tertiary/aromatic N) is 3. The second-order valence-corrected chi connectivity index (χ2v) is 5.34. The van der Waals surface area contributed by atoms with Crippen molar-refractivity contribution >= 4 is 0 Å². The first kappa shape index (κ1) is 14.4. The van der Waals surface area contributed by atoms with Crippen LogP contribution in [0.2, 0.25) is 0 Å². The number of methoxy groups -OCH3 is 1. The first-order chi connectivity index (χ1) is 9.22. The number of hydrogen-bond acceptors (Lipinski definition) is 4. The fourth-order valence-corrected chi connectivity index (χ4v) is 2.75. The monoisotopic (exact) mass is 263 g/mol. The molecule has 1 saturated heterocycles. The summed E-state index contributed by atoms with van der Waals surface area (Å²) in [5.41, 5.74) is 1.31. The van der Waals surface area contributed by atoms with Crippen LogP contribution in [-0.2, 0) is 4.74 Å². The Balaban J connectivity index is 1.91. The first-order valence-corrected chi connectivity index (χ1v) is 7.09. The molecule has 2 heterocycles. The fraction of sp³-hybridized carbons (Fsp3) is 0.667. The molecule has 19 heavy (non-hydrogen) atoms. The maximum Gasteiger partial charge on any atom is 0.0589 e. The van der Waals surface area contributed by atoms with E-state index in [9.17, 15) is 0 Å². The Hall–Kier alpha value is -0.970. The topological polar surface area (TPSA) is 28.6 Å². The van der Waals surface area contributed by atoms with E-state index in [1.165, 1.54) is 5.56 Å². The minimum atomic E-state index is 0.445. The third-order valence-corrected chi connectivity index (χ3v) is 4.09. The van der Waals surface area contributed by atoms with Gasteiger partial charge < -0.3 is 4.74 Å². The Labute approximate surface area is 116 Å². The number of aromatic nitrogens is 1. The van der Waals surface area contributed by atoms with E-state index in [0.717, 1.165) is 32.8 Å². The molecule has 0 aliphatic carbocycles. The van der Waals surface area contributed by atoms with Gasteiger partial charge >= 0.3 is 0 Å². The Morgan fingerprint density at radius 2 is 2.32 bits per heavy atom. The van der Waals surface area contributed by atoms with Crippen molar-refractivity contribution in [1.29, 1.82) is 0 Å². The standard InChI is InChI=1S/C15H25N3O/c1-13-12-18(8-7-17(13)9-10-19-3)14(2)15-5-4-6-16-11-15/h4-6,11,13-14H,7-10,12H2,1-3H3. The Bertz CT molecular complexity index is 371. The third kappa shape index (κ3) is 3.75. The molecule has 0 aromatic carbocycles. The van der Waals surface area contributed by atoms with Crippen LogP contribution in [0.25, 0.3) is 0 Å². The van der Waals surface area contributed by atoms with Gasteiger partial charge in [0.25, 0.3) is 0 Å². The highest BCUT2D eigenvalue weighted by molar-refractivity contribution is 5.13. The normalized spacial score (nSPS) is 23.4. The van der Waals surface area contributed by atoms with Crippen LogP contribution in [0.15, 0.2) is 24.5 Å². The smallest absolute Gasteiger partial charge is 0.0589 e. The summed E-state index contributed by atoms with van der Waals surface area (Å²) in [6.07, 6.45) is 3.81. The van der Waals surface area contributed by atoms with Gasteiger partial charge in [-0.25, -0.2) is 0 Å². The summed E-state index contributed by atoms with van der Waals surface area (Å²) in [4.78, 5) is 9.28. The molecule has 4 nitrogen and oxygen atoms in total. The number of pyridine rings is 1. The molecular weight excluding hydrogens is 238 g/mol. The minimum Gasteiger partial charge on any atom is -0.383 e. The third-order valence-electron chi connectivity index (χ3n) is 4.09. The number of rotatable bonds is 5. The molecule has 1 aromatic rings. The van der Waals surface area contributed by atoms with Crippen molar-refractivity contribution in [2.24, 2.45) is 0 Å². The lowest BCUT2D eigenvalue weighted by Gasteiger charge is -2.42.